The van der Waals surface area contributed by atoms with E-state index in [1.165, 1.54) is 29.7 Å². The van der Waals surface area contributed by atoms with Gasteiger partial charge in [0.2, 0.25) is 0 Å². The van der Waals surface area contributed by atoms with Gasteiger partial charge in [0.15, 0.2) is 0 Å². The third kappa shape index (κ3) is 2.04. The van der Waals surface area contributed by atoms with Crippen molar-refractivity contribution in [2.24, 2.45) is 0 Å². The highest BCUT2D eigenvalue weighted by Crippen LogP contribution is 2.39. The Morgan fingerprint density at radius 1 is 1.29 bits per heavy atom. The lowest BCUT2D eigenvalue weighted by Gasteiger charge is -2.30. The normalized spacial score (nSPS) is 23.9. The average Bonchev–Trinajstić information content (AvgIpc) is 2.71. The number of halogens is 1. The lowest BCUT2D eigenvalue weighted by molar-refractivity contribution is 0.122. The molecule has 1 aromatic rings. The summed E-state index contributed by atoms with van der Waals surface area (Å²) >= 11 is 6.42. The maximum atomic E-state index is 6.42. The smallest absolute Gasteiger partial charge is 0.0642 e. The third-order valence-corrected chi connectivity index (χ3v) is 4.24. The second-order valence-corrected chi connectivity index (χ2v) is 5.45. The molecule has 0 spiro atoms. The second kappa shape index (κ2) is 4.51. The molecule has 1 aliphatic carbocycles. The molecule has 0 aromatic heterocycles. The van der Waals surface area contributed by atoms with E-state index in [-0.39, 0.29) is 0 Å². The summed E-state index contributed by atoms with van der Waals surface area (Å²) in [6.07, 6.45) is 2.46. The van der Waals surface area contributed by atoms with E-state index in [0.29, 0.717) is 5.92 Å². The van der Waals surface area contributed by atoms with Gasteiger partial charge in [-0.1, -0.05) is 18.5 Å². The Morgan fingerprint density at radius 3 is 2.82 bits per heavy atom. The molecule has 1 aromatic carbocycles. The molecule has 17 heavy (non-hydrogen) atoms. The number of nitrogens with zero attached hydrogens (tertiary/aromatic N) is 1. The summed E-state index contributed by atoms with van der Waals surface area (Å²) in [7, 11) is 0. The Labute approximate surface area is 108 Å². The van der Waals surface area contributed by atoms with Crippen LogP contribution in [0.25, 0.3) is 0 Å². The maximum absolute atomic E-state index is 6.42. The van der Waals surface area contributed by atoms with E-state index in [1.54, 1.807) is 0 Å². The van der Waals surface area contributed by atoms with Crippen molar-refractivity contribution in [2.75, 3.05) is 31.2 Å². The van der Waals surface area contributed by atoms with Crippen LogP contribution in [0.3, 0.4) is 0 Å². The van der Waals surface area contributed by atoms with Crippen LogP contribution in [0.1, 0.15) is 30.4 Å². The number of aryl methyl sites for hydroxylation is 1. The Bertz CT molecular complexity index is 426. The molecule has 2 aliphatic rings. The summed E-state index contributed by atoms with van der Waals surface area (Å²) in [6, 6.07) is 4.48. The molecular weight excluding hydrogens is 234 g/mol. The van der Waals surface area contributed by atoms with E-state index in [1.807, 2.05) is 0 Å². The minimum atomic E-state index is 0.668. The van der Waals surface area contributed by atoms with Crippen molar-refractivity contribution in [1.82, 2.24) is 0 Å². The Morgan fingerprint density at radius 2 is 2.06 bits per heavy atom. The average molecular weight is 252 g/mol. The van der Waals surface area contributed by atoms with Gasteiger partial charge in [0.1, 0.15) is 0 Å². The van der Waals surface area contributed by atoms with E-state index >= 15 is 0 Å². The van der Waals surface area contributed by atoms with Crippen molar-refractivity contribution in [3.05, 3.63) is 28.3 Å². The van der Waals surface area contributed by atoms with Crippen LogP contribution < -0.4 is 4.90 Å². The fourth-order valence-electron chi connectivity index (χ4n) is 2.87. The van der Waals surface area contributed by atoms with E-state index in [2.05, 4.69) is 24.0 Å². The highest BCUT2D eigenvalue weighted by molar-refractivity contribution is 6.33. The van der Waals surface area contributed by atoms with Gasteiger partial charge in [0.25, 0.3) is 0 Å². The summed E-state index contributed by atoms with van der Waals surface area (Å²) in [6.45, 7) is 5.81. The van der Waals surface area contributed by atoms with E-state index < -0.39 is 0 Å². The summed E-state index contributed by atoms with van der Waals surface area (Å²) in [4.78, 5) is 2.34. The molecule has 3 heteroatoms. The fraction of sp³-hybridized carbons (Fsp3) is 0.571. The first-order chi connectivity index (χ1) is 8.25. The van der Waals surface area contributed by atoms with Gasteiger partial charge in [-0.2, -0.15) is 0 Å². The number of morpholine rings is 1. The molecule has 0 saturated carbocycles. The Balaban J connectivity index is 1.95. The number of benzene rings is 1. The van der Waals surface area contributed by atoms with E-state index in [9.17, 15) is 0 Å². The predicted octanol–water partition coefficient (Wildman–Crippen LogP) is 3.23. The number of fused-ring (bicyclic) bond motifs is 1. The lowest BCUT2D eigenvalue weighted by atomic mass is 10.0. The third-order valence-electron chi connectivity index (χ3n) is 3.94. The van der Waals surface area contributed by atoms with Crippen LogP contribution in [0, 0.1) is 0 Å². The van der Waals surface area contributed by atoms with Crippen molar-refractivity contribution >= 4 is 17.3 Å². The zero-order valence-electron chi connectivity index (χ0n) is 10.2. The van der Waals surface area contributed by atoms with Crippen LogP contribution in [0.5, 0.6) is 0 Å². The number of rotatable bonds is 1. The van der Waals surface area contributed by atoms with Gasteiger partial charge in [-0.05, 0) is 42.0 Å². The Hall–Kier alpha value is -0.730. The molecular formula is C14H18ClNO. The highest BCUT2D eigenvalue weighted by atomic mass is 35.5. The minimum absolute atomic E-state index is 0.668. The molecule has 1 saturated heterocycles. The molecule has 1 aliphatic heterocycles. The van der Waals surface area contributed by atoms with Crippen LogP contribution >= 0.6 is 11.6 Å². The van der Waals surface area contributed by atoms with Gasteiger partial charge in [-0.3, -0.25) is 0 Å². The van der Waals surface area contributed by atoms with E-state index in [4.69, 9.17) is 16.3 Å². The molecule has 1 unspecified atom stereocenters. The fourth-order valence-corrected chi connectivity index (χ4v) is 3.16. The predicted molar refractivity (Wildman–Crippen MR) is 71.2 cm³/mol. The summed E-state index contributed by atoms with van der Waals surface area (Å²) < 4.78 is 5.39. The van der Waals surface area contributed by atoms with Gasteiger partial charge in [-0.15, -0.1) is 0 Å². The quantitative estimate of drug-likeness (QED) is 0.760. The van der Waals surface area contributed by atoms with Gasteiger partial charge < -0.3 is 9.64 Å². The molecule has 1 atom stereocenters. The summed E-state index contributed by atoms with van der Waals surface area (Å²) in [5.74, 6) is 0.668. The molecule has 1 fully saturated rings. The standard InChI is InChI=1S/C14H18ClNO/c1-10-2-3-11-8-14(13(15)9-12(10)11)16-4-6-17-7-5-16/h8-10H,2-7H2,1H3. The molecule has 0 bridgehead atoms. The second-order valence-electron chi connectivity index (χ2n) is 5.04. The van der Waals surface area contributed by atoms with Crippen LogP contribution in [0.15, 0.2) is 12.1 Å². The van der Waals surface area contributed by atoms with Crippen molar-refractivity contribution < 1.29 is 4.74 Å². The van der Waals surface area contributed by atoms with Crippen molar-refractivity contribution in [3.63, 3.8) is 0 Å². The van der Waals surface area contributed by atoms with Crippen LogP contribution in [-0.2, 0) is 11.2 Å². The largest absolute Gasteiger partial charge is 0.378 e. The maximum Gasteiger partial charge on any atom is 0.0642 e. The topological polar surface area (TPSA) is 12.5 Å². The number of hydrogen-bond donors (Lipinski definition) is 0. The highest BCUT2D eigenvalue weighted by Gasteiger charge is 2.22. The van der Waals surface area contributed by atoms with Crippen molar-refractivity contribution in [2.45, 2.75) is 25.7 Å². The number of hydrogen-bond acceptors (Lipinski definition) is 2. The Kier molecular flexibility index (Phi) is 3.01. The first-order valence-electron chi connectivity index (χ1n) is 6.40. The molecule has 0 N–H and O–H groups in total. The zero-order chi connectivity index (χ0) is 11.8. The number of anilines is 1. The molecule has 1 heterocycles. The van der Waals surface area contributed by atoms with Gasteiger partial charge in [0, 0.05) is 13.1 Å². The van der Waals surface area contributed by atoms with Gasteiger partial charge in [-0.25, -0.2) is 0 Å². The molecule has 2 nitrogen and oxygen atoms in total. The summed E-state index contributed by atoms with van der Waals surface area (Å²) in [5, 5.41) is 0.902. The minimum Gasteiger partial charge on any atom is -0.378 e. The number of ether oxygens (including phenoxy) is 1. The van der Waals surface area contributed by atoms with E-state index in [0.717, 1.165) is 31.3 Å². The van der Waals surface area contributed by atoms with Gasteiger partial charge >= 0.3 is 0 Å². The molecule has 92 valence electrons. The van der Waals surface area contributed by atoms with Gasteiger partial charge in [0.05, 0.1) is 23.9 Å². The first-order valence-corrected chi connectivity index (χ1v) is 6.78. The zero-order valence-corrected chi connectivity index (χ0v) is 11.0. The van der Waals surface area contributed by atoms with Crippen LogP contribution in [0.4, 0.5) is 5.69 Å². The van der Waals surface area contributed by atoms with Crippen molar-refractivity contribution in [3.8, 4) is 0 Å². The molecule has 3 rings (SSSR count). The van der Waals surface area contributed by atoms with Crippen molar-refractivity contribution in [1.29, 1.82) is 0 Å². The SMILES string of the molecule is CC1CCc2cc(N3CCOCC3)c(Cl)cc21. The summed E-state index contributed by atoms with van der Waals surface area (Å²) in [5.41, 5.74) is 4.14. The first kappa shape index (κ1) is 11.4. The molecule has 0 radical (unpaired) electrons. The monoisotopic (exact) mass is 251 g/mol. The van der Waals surface area contributed by atoms with Crippen LogP contribution in [0.2, 0.25) is 5.02 Å². The lowest BCUT2D eigenvalue weighted by Crippen LogP contribution is -2.36. The molecule has 0 amide bonds. The van der Waals surface area contributed by atoms with Crippen LogP contribution in [-0.4, -0.2) is 26.3 Å².